The Bertz CT molecular complexity index is 630. The fourth-order valence-corrected chi connectivity index (χ4v) is 2.31. The second-order valence-electron chi connectivity index (χ2n) is 5.85. The highest BCUT2D eigenvalue weighted by Gasteiger charge is 2.14. The second-order valence-corrected chi connectivity index (χ2v) is 5.85. The lowest BCUT2D eigenvalue weighted by Crippen LogP contribution is -2.34. The van der Waals surface area contributed by atoms with Gasteiger partial charge in [-0.1, -0.05) is 57.4 Å². The van der Waals surface area contributed by atoms with E-state index < -0.39 is 5.91 Å². The topological polar surface area (TPSA) is 63.4 Å². The average molecular weight is 357 g/mol. The Labute approximate surface area is 158 Å². The molecular weight excluding hydrogens is 324 g/mol. The molecule has 0 radical (unpaired) electrons. The first-order valence-electron chi connectivity index (χ1n) is 8.96. The van der Waals surface area contributed by atoms with E-state index in [2.05, 4.69) is 20.1 Å². The number of rotatable bonds is 10. The molecule has 0 fully saturated rings. The number of amides is 1. The molecule has 1 aromatic carbocycles. The fourth-order valence-electron chi connectivity index (χ4n) is 2.31. The van der Waals surface area contributed by atoms with Crippen molar-refractivity contribution in [3.05, 3.63) is 72.4 Å². The Morgan fingerprint density at radius 1 is 1.19 bits per heavy atom. The molecule has 0 heterocycles. The maximum atomic E-state index is 12.2. The van der Waals surface area contributed by atoms with Gasteiger partial charge >= 0.3 is 0 Å². The SMILES string of the molecule is C=C/C=C(\C=C)C(=O)CN(C)C(C)CCc1ccc(C(N)=O)cc1.CC. The molecule has 142 valence electrons. The Morgan fingerprint density at radius 3 is 2.23 bits per heavy atom. The van der Waals surface area contributed by atoms with Gasteiger partial charge in [-0.15, -0.1) is 0 Å². The van der Waals surface area contributed by atoms with Gasteiger partial charge in [0.15, 0.2) is 5.78 Å². The number of allylic oxidation sites excluding steroid dienone is 3. The van der Waals surface area contributed by atoms with Crippen molar-refractivity contribution in [3.63, 3.8) is 0 Å². The summed E-state index contributed by atoms with van der Waals surface area (Å²) in [6.45, 7) is 13.7. The third-order valence-corrected chi connectivity index (χ3v) is 4.07. The van der Waals surface area contributed by atoms with Crippen LogP contribution in [0.1, 0.15) is 43.1 Å². The number of primary amides is 1. The molecule has 4 heteroatoms. The van der Waals surface area contributed by atoms with Gasteiger partial charge in [-0.3, -0.25) is 14.5 Å². The molecule has 1 aromatic rings. The Morgan fingerprint density at radius 2 is 1.77 bits per heavy atom. The van der Waals surface area contributed by atoms with Crippen LogP contribution in [0.25, 0.3) is 0 Å². The number of nitrogens with zero attached hydrogens (tertiary/aromatic N) is 1. The minimum absolute atomic E-state index is 0.0325. The van der Waals surface area contributed by atoms with Crippen LogP contribution in [0.3, 0.4) is 0 Å². The van der Waals surface area contributed by atoms with E-state index in [1.165, 1.54) is 0 Å². The van der Waals surface area contributed by atoms with E-state index in [0.717, 1.165) is 18.4 Å². The zero-order valence-corrected chi connectivity index (χ0v) is 16.5. The van der Waals surface area contributed by atoms with Gasteiger partial charge in [0.05, 0.1) is 6.54 Å². The van der Waals surface area contributed by atoms with Gasteiger partial charge < -0.3 is 5.73 Å². The zero-order chi connectivity index (χ0) is 20.1. The Kier molecular flexibility index (Phi) is 11.6. The first-order valence-corrected chi connectivity index (χ1v) is 8.96. The lowest BCUT2D eigenvalue weighted by molar-refractivity contribution is -0.116. The average Bonchev–Trinajstić information content (AvgIpc) is 2.65. The molecule has 0 aliphatic carbocycles. The maximum Gasteiger partial charge on any atom is 0.248 e. The second kappa shape index (κ2) is 12.8. The molecule has 4 nitrogen and oxygen atoms in total. The van der Waals surface area contributed by atoms with E-state index in [1.807, 2.05) is 37.9 Å². The molecule has 26 heavy (non-hydrogen) atoms. The molecule has 1 amide bonds. The van der Waals surface area contributed by atoms with Crippen molar-refractivity contribution < 1.29 is 9.59 Å². The highest BCUT2D eigenvalue weighted by atomic mass is 16.1. The number of carbonyl (C=O) groups excluding carboxylic acids is 2. The summed E-state index contributed by atoms with van der Waals surface area (Å²) in [5, 5.41) is 0. The van der Waals surface area contributed by atoms with Gasteiger partial charge in [0.25, 0.3) is 0 Å². The van der Waals surface area contributed by atoms with Gasteiger partial charge in [0, 0.05) is 17.2 Å². The van der Waals surface area contributed by atoms with Crippen molar-refractivity contribution in [1.29, 1.82) is 0 Å². The van der Waals surface area contributed by atoms with Crippen LogP contribution in [0.5, 0.6) is 0 Å². The summed E-state index contributed by atoms with van der Waals surface area (Å²) in [7, 11) is 1.94. The smallest absolute Gasteiger partial charge is 0.248 e. The molecule has 2 N–H and O–H groups in total. The van der Waals surface area contributed by atoms with Crippen molar-refractivity contribution in [2.45, 2.75) is 39.7 Å². The maximum absolute atomic E-state index is 12.2. The van der Waals surface area contributed by atoms with E-state index in [1.54, 1.807) is 30.4 Å². The van der Waals surface area contributed by atoms with E-state index in [9.17, 15) is 9.59 Å². The Hall–Kier alpha value is -2.46. The summed E-state index contributed by atoms with van der Waals surface area (Å²) < 4.78 is 0. The van der Waals surface area contributed by atoms with Crippen LogP contribution in [-0.2, 0) is 11.2 Å². The first-order chi connectivity index (χ1) is 12.4. The van der Waals surface area contributed by atoms with E-state index in [0.29, 0.717) is 17.7 Å². The van der Waals surface area contributed by atoms with Crippen molar-refractivity contribution in [2.24, 2.45) is 5.73 Å². The highest BCUT2D eigenvalue weighted by Crippen LogP contribution is 2.11. The third-order valence-electron chi connectivity index (χ3n) is 4.07. The fraction of sp³-hybridized carbons (Fsp3) is 0.364. The van der Waals surface area contributed by atoms with Gasteiger partial charge in [-0.25, -0.2) is 0 Å². The standard InChI is InChI=1S/C20H26N2O2.C2H6/c1-5-7-17(6-2)19(23)14-22(4)15(3)8-9-16-10-12-18(13-11-16)20(21)24;1-2/h5-7,10-13,15H,1-2,8-9,14H2,3-4H3,(H2,21,24);1-2H3/b17-7+;. The summed E-state index contributed by atoms with van der Waals surface area (Å²) in [5.41, 5.74) is 7.47. The number of carbonyl (C=O) groups is 2. The summed E-state index contributed by atoms with van der Waals surface area (Å²) in [4.78, 5) is 25.3. The summed E-state index contributed by atoms with van der Waals surface area (Å²) in [5.74, 6) is -0.385. The summed E-state index contributed by atoms with van der Waals surface area (Å²) in [6.07, 6.45) is 6.61. The van der Waals surface area contributed by atoms with Crippen LogP contribution in [-0.4, -0.2) is 36.2 Å². The van der Waals surface area contributed by atoms with Crippen LogP contribution in [0.4, 0.5) is 0 Å². The van der Waals surface area contributed by atoms with Gasteiger partial charge in [0.2, 0.25) is 5.91 Å². The predicted molar refractivity (Wildman–Crippen MR) is 110 cm³/mol. The van der Waals surface area contributed by atoms with E-state index >= 15 is 0 Å². The normalized spacial score (nSPS) is 12.0. The van der Waals surface area contributed by atoms with Crippen LogP contribution in [0.15, 0.2) is 61.2 Å². The van der Waals surface area contributed by atoms with E-state index in [4.69, 9.17) is 5.73 Å². The van der Waals surface area contributed by atoms with Crippen molar-refractivity contribution in [2.75, 3.05) is 13.6 Å². The number of benzene rings is 1. The summed E-state index contributed by atoms with van der Waals surface area (Å²) >= 11 is 0. The number of nitrogens with two attached hydrogens (primary N) is 1. The predicted octanol–water partition coefficient (Wildman–Crippen LogP) is 3.93. The van der Waals surface area contributed by atoms with Gasteiger partial charge in [-0.05, 0) is 44.5 Å². The minimum Gasteiger partial charge on any atom is -0.366 e. The lowest BCUT2D eigenvalue weighted by Gasteiger charge is -2.24. The van der Waals surface area contributed by atoms with Crippen molar-refractivity contribution in [3.8, 4) is 0 Å². The zero-order valence-electron chi connectivity index (χ0n) is 16.5. The van der Waals surface area contributed by atoms with Crippen molar-refractivity contribution in [1.82, 2.24) is 4.90 Å². The molecule has 1 unspecified atom stereocenters. The number of ketones is 1. The highest BCUT2D eigenvalue weighted by molar-refractivity contribution is 5.99. The molecule has 1 rings (SSSR count). The third kappa shape index (κ3) is 8.08. The quantitative estimate of drug-likeness (QED) is 0.510. The monoisotopic (exact) mass is 356 g/mol. The Balaban J connectivity index is 0.00000301. The molecule has 0 spiro atoms. The van der Waals surface area contributed by atoms with E-state index in [-0.39, 0.29) is 11.8 Å². The number of hydrogen-bond acceptors (Lipinski definition) is 3. The lowest BCUT2D eigenvalue weighted by atomic mass is 10.0. The molecule has 0 saturated heterocycles. The number of aryl methyl sites for hydroxylation is 1. The number of hydrogen-bond donors (Lipinski definition) is 1. The molecule has 0 aromatic heterocycles. The number of likely N-dealkylation sites (N-methyl/N-ethyl adjacent to an activating group) is 1. The van der Waals surface area contributed by atoms with Crippen LogP contribution in [0.2, 0.25) is 0 Å². The summed E-state index contributed by atoms with van der Waals surface area (Å²) in [6, 6.07) is 7.57. The van der Waals surface area contributed by atoms with Crippen LogP contribution < -0.4 is 5.73 Å². The molecule has 1 atom stereocenters. The van der Waals surface area contributed by atoms with Crippen LogP contribution in [0, 0.1) is 0 Å². The first kappa shape index (κ1) is 23.5. The largest absolute Gasteiger partial charge is 0.366 e. The van der Waals surface area contributed by atoms with Crippen molar-refractivity contribution >= 4 is 11.7 Å². The number of Topliss-reactive ketones (excluding diaryl/α,β-unsaturated/α-hetero) is 1. The minimum atomic E-state index is -0.418. The molecule has 0 saturated carbocycles. The molecule has 0 bridgehead atoms. The molecular formula is C22H32N2O2. The van der Waals surface area contributed by atoms with Gasteiger partial charge in [-0.2, -0.15) is 0 Å². The molecule has 0 aliphatic rings. The molecule has 0 aliphatic heterocycles. The van der Waals surface area contributed by atoms with Gasteiger partial charge in [0.1, 0.15) is 0 Å². The van der Waals surface area contributed by atoms with Crippen LogP contribution >= 0.6 is 0 Å².